The van der Waals surface area contributed by atoms with Crippen LogP contribution >= 0.6 is 0 Å². The fraction of sp³-hybridized carbons (Fsp3) is 0.514. The zero-order chi connectivity index (χ0) is 36.0. The number of aliphatic hydroxyl groups excluding tert-OH is 1. The molecular formula is C37H55N6O6+. The summed E-state index contributed by atoms with van der Waals surface area (Å²) in [6.45, 7) is 8.61. The number of nitrogens with zero attached hydrogens (tertiary/aromatic N) is 1. The summed E-state index contributed by atoms with van der Waals surface area (Å²) in [7, 11) is 0. The van der Waals surface area contributed by atoms with E-state index in [-0.39, 0.29) is 57.0 Å². The van der Waals surface area contributed by atoms with E-state index in [1.54, 1.807) is 4.90 Å². The van der Waals surface area contributed by atoms with Crippen LogP contribution in [0, 0.1) is 5.92 Å². The van der Waals surface area contributed by atoms with Crippen molar-refractivity contribution in [1.29, 1.82) is 0 Å². The second kappa shape index (κ2) is 19.2. The molecule has 12 heteroatoms. The monoisotopic (exact) mass is 679 g/mol. The Hall–Kier alpha value is -4.10. The maximum atomic E-state index is 13.9. The van der Waals surface area contributed by atoms with Gasteiger partial charge in [-0.2, -0.15) is 0 Å². The number of aliphatic hydroxyl groups is 2. The first-order chi connectivity index (χ1) is 23.4. The van der Waals surface area contributed by atoms with Crippen LogP contribution in [0.3, 0.4) is 0 Å². The lowest BCUT2D eigenvalue weighted by Gasteiger charge is -2.39. The Labute approximate surface area is 289 Å². The van der Waals surface area contributed by atoms with E-state index < -0.39 is 54.1 Å². The number of carbonyl (C=O) groups is 4. The number of hydrogen-bond donors (Lipinski definition) is 7. The Morgan fingerprint density at radius 1 is 0.878 bits per heavy atom. The number of nitrogens with one attached hydrogen (secondary N) is 3. The van der Waals surface area contributed by atoms with Gasteiger partial charge in [0.25, 0.3) is 0 Å². The summed E-state index contributed by atoms with van der Waals surface area (Å²) in [5.74, 6) is -1.96. The van der Waals surface area contributed by atoms with Crippen LogP contribution in [0.5, 0.6) is 0 Å². The van der Waals surface area contributed by atoms with Gasteiger partial charge in [-0.05, 0) is 54.7 Å². The molecule has 2 aromatic rings. The van der Waals surface area contributed by atoms with Crippen LogP contribution in [-0.2, 0) is 32.0 Å². The van der Waals surface area contributed by atoms with Gasteiger partial charge < -0.3 is 42.5 Å². The van der Waals surface area contributed by atoms with Gasteiger partial charge in [-0.3, -0.25) is 19.2 Å². The number of nitrogens with two attached hydrogens (primary N) is 1. The second-order valence-electron chi connectivity index (χ2n) is 13.5. The van der Waals surface area contributed by atoms with Gasteiger partial charge in [-0.15, -0.1) is 0 Å². The number of rotatable bonds is 18. The van der Waals surface area contributed by atoms with Crippen molar-refractivity contribution in [2.24, 2.45) is 11.7 Å². The molecule has 10 N–H and O–H groups in total. The molecule has 4 amide bonds. The van der Waals surface area contributed by atoms with E-state index in [0.717, 1.165) is 11.1 Å². The highest BCUT2D eigenvalue weighted by Gasteiger charge is 2.37. The molecule has 2 aromatic carbocycles. The Bertz CT molecular complexity index is 1380. The molecule has 1 aliphatic rings. The Kier molecular flexibility index (Phi) is 15.4. The summed E-state index contributed by atoms with van der Waals surface area (Å²) >= 11 is 0. The molecule has 0 radical (unpaired) electrons. The van der Waals surface area contributed by atoms with Crippen molar-refractivity contribution in [1.82, 2.24) is 20.9 Å². The number of likely N-dealkylation sites (tertiary alicyclic amines) is 1. The van der Waals surface area contributed by atoms with Crippen LogP contribution in [0.2, 0.25) is 0 Å². The summed E-state index contributed by atoms with van der Waals surface area (Å²) in [4.78, 5) is 56.4. The molecule has 0 spiro atoms. The second-order valence-corrected chi connectivity index (χ2v) is 13.5. The highest BCUT2D eigenvalue weighted by atomic mass is 16.3. The van der Waals surface area contributed by atoms with Gasteiger partial charge in [0.2, 0.25) is 23.6 Å². The van der Waals surface area contributed by atoms with E-state index in [2.05, 4.69) is 28.3 Å². The summed E-state index contributed by atoms with van der Waals surface area (Å²) in [5.41, 5.74) is 11.1. The lowest BCUT2D eigenvalue weighted by molar-refractivity contribution is -0.368. The largest absolute Gasteiger partial charge is 0.393 e. The lowest BCUT2D eigenvalue weighted by Crippen LogP contribution is -2.59. The number of amides is 4. The molecule has 12 nitrogen and oxygen atoms in total. The number of hydrogen-bond acceptors (Lipinski definition) is 7. The molecule has 0 unspecified atom stereocenters. The van der Waals surface area contributed by atoms with Crippen LogP contribution in [0.15, 0.2) is 72.8 Å². The average molecular weight is 680 g/mol. The average Bonchev–Trinajstić information content (AvgIpc) is 3.09. The summed E-state index contributed by atoms with van der Waals surface area (Å²) in [6, 6.07) is 14.6. The maximum absolute atomic E-state index is 13.9. The first kappa shape index (κ1) is 39.3. The molecule has 1 heterocycles. The van der Waals surface area contributed by atoms with Gasteiger partial charge in [-0.25, -0.2) is 0 Å². The first-order valence-corrected chi connectivity index (χ1v) is 17.2. The molecule has 1 aliphatic heterocycles. The standard InChI is InChI=1S/C37H54N6O6/c1-25(2)21-30(35(47)42-32(26(3)11-10-18-38)36(48)43-19-16-37(49,24-44)17-20-43)41-34(46)31(23-28-14-8-5-9-15-28)40-33(45)29(39)22-27-12-6-4-7-13-27/h4-9,12-15,25,29-32,44,49H,3,10-11,16-24,38-39H2,1-2H3,(H,40,45)(H,41,46)(H,42,47)/p+1/t29-,30-,31-,32-/m1/s1. The van der Waals surface area contributed by atoms with Crippen LogP contribution in [-0.4, -0.2) is 94.8 Å². The summed E-state index contributed by atoms with van der Waals surface area (Å²) in [6.07, 6.45) is 2.27. The normalized spacial score (nSPS) is 16.6. The predicted octanol–water partition coefficient (Wildman–Crippen LogP) is 0.224. The molecule has 49 heavy (non-hydrogen) atoms. The smallest absolute Gasteiger partial charge is 0.249 e. The van der Waals surface area contributed by atoms with E-state index in [0.29, 0.717) is 25.0 Å². The molecule has 0 aromatic heterocycles. The molecule has 0 aliphatic carbocycles. The molecule has 1 fully saturated rings. The highest BCUT2D eigenvalue weighted by molar-refractivity contribution is 5.95. The summed E-state index contributed by atoms with van der Waals surface area (Å²) in [5, 5.41) is 28.5. The van der Waals surface area contributed by atoms with E-state index >= 15 is 0 Å². The predicted molar refractivity (Wildman–Crippen MR) is 187 cm³/mol. The minimum atomic E-state index is -1.25. The fourth-order valence-electron chi connectivity index (χ4n) is 5.84. The van der Waals surface area contributed by atoms with Gasteiger partial charge in [-0.1, -0.05) is 81.1 Å². The van der Waals surface area contributed by atoms with Crippen LogP contribution in [0.25, 0.3) is 0 Å². The van der Waals surface area contributed by atoms with Crippen molar-refractivity contribution in [2.75, 3.05) is 26.2 Å². The van der Waals surface area contributed by atoms with E-state index in [1.165, 1.54) is 0 Å². The van der Waals surface area contributed by atoms with Crippen LogP contribution in [0.1, 0.15) is 57.1 Å². The third-order valence-electron chi connectivity index (χ3n) is 8.88. The van der Waals surface area contributed by atoms with E-state index in [9.17, 15) is 29.4 Å². The van der Waals surface area contributed by atoms with Crippen molar-refractivity contribution in [2.45, 2.75) is 88.6 Å². The molecule has 1 saturated heterocycles. The molecule has 0 saturated carbocycles. The Morgan fingerprint density at radius 3 is 1.94 bits per heavy atom. The van der Waals surface area contributed by atoms with Crippen molar-refractivity contribution in [3.8, 4) is 0 Å². The van der Waals surface area contributed by atoms with E-state index in [4.69, 9.17) is 5.73 Å². The van der Waals surface area contributed by atoms with Gasteiger partial charge in [0, 0.05) is 25.9 Å². The van der Waals surface area contributed by atoms with Crippen molar-refractivity contribution in [3.63, 3.8) is 0 Å². The zero-order valence-corrected chi connectivity index (χ0v) is 28.9. The number of benzene rings is 2. The van der Waals surface area contributed by atoms with Crippen molar-refractivity contribution in [3.05, 3.63) is 83.9 Å². The van der Waals surface area contributed by atoms with Crippen LogP contribution in [0.4, 0.5) is 0 Å². The first-order valence-electron chi connectivity index (χ1n) is 17.2. The highest BCUT2D eigenvalue weighted by Crippen LogP contribution is 2.23. The van der Waals surface area contributed by atoms with Gasteiger partial charge in [0.05, 0.1) is 24.8 Å². The van der Waals surface area contributed by atoms with Crippen molar-refractivity contribution < 1.29 is 35.1 Å². The van der Waals surface area contributed by atoms with E-state index in [1.807, 2.05) is 74.5 Å². The summed E-state index contributed by atoms with van der Waals surface area (Å²) < 4.78 is 0. The Morgan fingerprint density at radius 2 is 1.41 bits per heavy atom. The molecule has 268 valence electrons. The Balaban J connectivity index is 1.80. The molecule has 0 bridgehead atoms. The lowest BCUT2D eigenvalue weighted by atomic mass is 9.91. The van der Waals surface area contributed by atoms with Crippen molar-refractivity contribution >= 4 is 23.6 Å². The fourth-order valence-corrected chi connectivity index (χ4v) is 5.84. The quantitative estimate of drug-likeness (QED) is 0.109. The number of quaternary nitrogens is 1. The minimum Gasteiger partial charge on any atom is -0.393 e. The van der Waals surface area contributed by atoms with Gasteiger partial charge in [0.1, 0.15) is 18.1 Å². The third kappa shape index (κ3) is 12.4. The minimum absolute atomic E-state index is 0.000665. The number of carbonyl (C=O) groups excluding carboxylic acids is 4. The maximum Gasteiger partial charge on any atom is 0.249 e. The van der Waals surface area contributed by atoms with Gasteiger partial charge >= 0.3 is 0 Å². The third-order valence-corrected chi connectivity index (χ3v) is 8.88. The van der Waals surface area contributed by atoms with Crippen LogP contribution < -0.4 is 27.4 Å². The molecular weight excluding hydrogens is 624 g/mol. The zero-order valence-electron chi connectivity index (χ0n) is 28.9. The molecule has 4 atom stereocenters. The molecule has 3 rings (SSSR count). The number of piperidine rings is 1. The SMILES string of the molecule is C=C(CCC[NH3+])[C@@H](NC(=O)[C@@H](CC(C)C)NC(=O)[C@@H](Cc1ccccc1)NC(=O)[C@H](N)Cc1ccccc1)C(=O)N1CCC(O)(CO)CC1. The van der Waals surface area contributed by atoms with Gasteiger partial charge in [0.15, 0.2) is 0 Å². The topological polar surface area (TPSA) is 202 Å².